The number of nitrogens with one attached hydrogen (secondary N) is 1. The summed E-state index contributed by atoms with van der Waals surface area (Å²) >= 11 is 5.92. The zero-order valence-electron chi connectivity index (χ0n) is 10.7. The first-order valence-corrected chi connectivity index (χ1v) is 6.34. The van der Waals surface area contributed by atoms with Gasteiger partial charge in [-0.05, 0) is 13.0 Å². The average Bonchev–Trinajstić information content (AvgIpc) is 2.42. The monoisotopic (exact) mass is 299 g/mol. The number of hydrogen-bond acceptors (Lipinski definition) is 3. The second kappa shape index (κ2) is 6.00. The Morgan fingerprint density at radius 3 is 2.80 bits per heavy atom. The molecule has 0 atom stereocenters. The minimum absolute atomic E-state index is 0.00984. The molecule has 0 fully saturated rings. The van der Waals surface area contributed by atoms with Gasteiger partial charge in [0.15, 0.2) is 0 Å². The molecule has 1 heterocycles. The standard InChI is InChI=1S/C13H12ClF2N3O/c1-2-19-13(20)12(14)11(7-18-19)17-6-8-3-4-9(15)5-10(8)16/h3-5,7,17H,2,6H2,1H3. The largest absolute Gasteiger partial charge is 0.378 e. The van der Waals surface area contributed by atoms with E-state index in [0.29, 0.717) is 12.2 Å². The SMILES string of the molecule is CCn1ncc(NCc2ccc(F)cc2F)c(Cl)c1=O. The third kappa shape index (κ3) is 2.96. The second-order valence-electron chi connectivity index (χ2n) is 4.08. The Balaban J connectivity index is 2.19. The number of rotatable bonds is 4. The van der Waals surface area contributed by atoms with Crippen molar-refractivity contribution in [2.75, 3.05) is 5.32 Å². The minimum Gasteiger partial charge on any atom is -0.378 e. The van der Waals surface area contributed by atoms with Crippen molar-refractivity contribution in [3.63, 3.8) is 0 Å². The summed E-state index contributed by atoms with van der Waals surface area (Å²) in [6, 6.07) is 3.28. The van der Waals surface area contributed by atoms with Gasteiger partial charge in [0.05, 0.1) is 11.9 Å². The average molecular weight is 300 g/mol. The molecule has 7 heteroatoms. The van der Waals surface area contributed by atoms with E-state index in [-0.39, 0.29) is 17.1 Å². The summed E-state index contributed by atoms with van der Waals surface area (Å²) in [5, 5.41) is 6.71. The summed E-state index contributed by atoms with van der Waals surface area (Å²) in [5.41, 5.74) is 0.158. The van der Waals surface area contributed by atoms with Crippen molar-refractivity contribution in [2.45, 2.75) is 20.0 Å². The highest BCUT2D eigenvalue weighted by Gasteiger charge is 2.09. The summed E-state index contributed by atoms with van der Waals surface area (Å²) < 4.78 is 27.4. The number of hydrogen-bond donors (Lipinski definition) is 1. The van der Waals surface area contributed by atoms with E-state index >= 15 is 0 Å². The van der Waals surface area contributed by atoms with E-state index in [1.54, 1.807) is 6.92 Å². The van der Waals surface area contributed by atoms with Crippen LogP contribution in [0.4, 0.5) is 14.5 Å². The van der Waals surface area contributed by atoms with Crippen LogP contribution in [0.25, 0.3) is 0 Å². The molecule has 0 aliphatic carbocycles. The van der Waals surface area contributed by atoms with E-state index in [4.69, 9.17) is 11.6 Å². The number of halogens is 3. The van der Waals surface area contributed by atoms with Crippen LogP contribution in [0.15, 0.2) is 29.2 Å². The van der Waals surface area contributed by atoms with Gasteiger partial charge in [0.2, 0.25) is 0 Å². The van der Waals surface area contributed by atoms with E-state index in [9.17, 15) is 13.6 Å². The predicted molar refractivity (Wildman–Crippen MR) is 72.9 cm³/mol. The molecule has 2 rings (SSSR count). The fraction of sp³-hybridized carbons (Fsp3) is 0.231. The van der Waals surface area contributed by atoms with Crippen molar-refractivity contribution in [2.24, 2.45) is 0 Å². The Bertz CT molecular complexity index is 688. The normalized spacial score (nSPS) is 10.6. The maximum absolute atomic E-state index is 13.5. The van der Waals surface area contributed by atoms with Gasteiger partial charge in [-0.15, -0.1) is 0 Å². The molecule has 0 aliphatic heterocycles. The van der Waals surface area contributed by atoms with E-state index < -0.39 is 17.2 Å². The number of anilines is 1. The fourth-order valence-electron chi connectivity index (χ4n) is 1.67. The lowest BCUT2D eigenvalue weighted by Crippen LogP contribution is -2.23. The first kappa shape index (κ1) is 14.5. The smallest absolute Gasteiger partial charge is 0.287 e. The first-order valence-electron chi connectivity index (χ1n) is 5.96. The van der Waals surface area contributed by atoms with Gasteiger partial charge in [0.1, 0.15) is 16.7 Å². The topological polar surface area (TPSA) is 46.9 Å². The molecule has 1 aromatic carbocycles. The van der Waals surface area contributed by atoms with Crippen LogP contribution >= 0.6 is 11.6 Å². The molecular formula is C13H12ClF2N3O. The van der Waals surface area contributed by atoms with E-state index in [0.717, 1.165) is 12.1 Å². The molecule has 0 aliphatic rings. The quantitative estimate of drug-likeness (QED) is 0.944. The minimum atomic E-state index is -0.663. The van der Waals surface area contributed by atoms with Gasteiger partial charge in [-0.2, -0.15) is 5.10 Å². The van der Waals surface area contributed by atoms with E-state index in [2.05, 4.69) is 10.4 Å². The van der Waals surface area contributed by atoms with E-state index in [1.165, 1.54) is 16.9 Å². The lowest BCUT2D eigenvalue weighted by molar-refractivity contribution is 0.574. The summed E-state index contributed by atoms with van der Waals surface area (Å²) in [4.78, 5) is 11.7. The van der Waals surface area contributed by atoms with Crippen LogP contribution in [0, 0.1) is 11.6 Å². The van der Waals surface area contributed by atoms with Gasteiger partial charge in [-0.3, -0.25) is 4.79 Å². The number of benzene rings is 1. The molecular weight excluding hydrogens is 288 g/mol. The first-order chi connectivity index (χ1) is 9.52. The summed E-state index contributed by atoms with van der Waals surface area (Å²) in [5.74, 6) is -1.31. The van der Waals surface area contributed by atoms with Crippen molar-refractivity contribution in [1.29, 1.82) is 0 Å². The van der Waals surface area contributed by atoms with Gasteiger partial charge in [-0.1, -0.05) is 17.7 Å². The van der Waals surface area contributed by atoms with Gasteiger partial charge in [-0.25, -0.2) is 13.5 Å². The molecule has 0 radical (unpaired) electrons. The van der Waals surface area contributed by atoms with Crippen LogP contribution in [-0.4, -0.2) is 9.78 Å². The molecule has 0 bridgehead atoms. The predicted octanol–water partition coefficient (Wildman–Crippen LogP) is 2.81. The van der Waals surface area contributed by atoms with E-state index in [1.807, 2.05) is 0 Å². The summed E-state index contributed by atoms with van der Waals surface area (Å²) in [6.45, 7) is 2.25. The van der Waals surface area contributed by atoms with Crippen LogP contribution in [0.1, 0.15) is 12.5 Å². The maximum Gasteiger partial charge on any atom is 0.287 e. The summed E-state index contributed by atoms with van der Waals surface area (Å²) in [6.07, 6.45) is 1.40. The van der Waals surface area contributed by atoms with Crippen LogP contribution < -0.4 is 10.9 Å². The zero-order chi connectivity index (χ0) is 14.7. The Labute approximate surface area is 119 Å². The second-order valence-corrected chi connectivity index (χ2v) is 4.46. The molecule has 1 N–H and O–H groups in total. The molecule has 4 nitrogen and oxygen atoms in total. The molecule has 0 saturated heterocycles. The van der Waals surface area contributed by atoms with Crippen LogP contribution in [0.3, 0.4) is 0 Å². The van der Waals surface area contributed by atoms with Crippen molar-refractivity contribution >= 4 is 17.3 Å². The van der Waals surface area contributed by atoms with Crippen molar-refractivity contribution in [3.05, 3.63) is 57.0 Å². The zero-order valence-corrected chi connectivity index (χ0v) is 11.4. The number of aryl methyl sites for hydroxylation is 1. The van der Waals surface area contributed by atoms with Crippen LogP contribution in [0.2, 0.25) is 5.02 Å². The molecule has 1 aromatic heterocycles. The van der Waals surface area contributed by atoms with Gasteiger partial charge in [0, 0.05) is 24.7 Å². The Morgan fingerprint density at radius 2 is 2.15 bits per heavy atom. The third-order valence-corrected chi connectivity index (χ3v) is 3.13. The highest BCUT2D eigenvalue weighted by molar-refractivity contribution is 6.32. The maximum atomic E-state index is 13.5. The Morgan fingerprint density at radius 1 is 1.40 bits per heavy atom. The fourth-order valence-corrected chi connectivity index (χ4v) is 1.88. The highest BCUT2D eigenvalue weighted by atomic mass is 35.5. The van der Waals surface area contributed by atoms with Gasteiger partial charge in [0.25, 0.3) is 5.56 Å². The van der Waals surface area contributed by atoms with Crippen molar-refractivity contribution in [1.82, 2.24) is 9.78 Å². The Kier molecular flexibility index (Phi) is 4.34. The van der Waals surface area contributed by atoms with Gasteiger partial charge >= 0.3 is 0 Å². The molecule has 0 spiro atoms. The number of nitrogens with zero attached hydrogens (tertiary/aromatic N) is 2. The van der Waals surface area contributed by atoms with Crippen LogP contribution in [-0.2, 0) is 13.1 Å². The Hall–Kier alpha value is -1.95. The summed E-state index contributed by atoms with van der Waals surface area (Å²) in [7, 11) is 0. The third-order valence-electron chi connectivity index (χ3n) is 2.77. The molecule has 0 amide bonds. The lowest BCUT2D eigenvalue weighted by Gasteiger charge is -2.10. The van der Waals surface area contributed by atoms with Crippen molar-refractivity contribution in [3.8, 4) is 0 Å². The van der Waals surface area contributed by atoms with Crippen molar-refractivity contribution < 1.29 is 8.78 Å². The van der Waals surface area contributed by atoms with Gasteiger partial charge < -0.3 is 5.32 Å². The molecule has 20 heavy (non-hydrogen) atoms. The number of aromatic nitrogens is 2. The molecule has 106 valence electrons. The lowest BCUT2D eigenvalue weighted by atomic mass is 10.2. The van der Waals surface area contributed by atoms with Crippen LogP contribution in [0.5, 0.6) is 0 Å². The molecule has 0 saturated carbocycles. The highest BCUT2D eigenvalue weighted by Crippen LogP contribution is 2.17. The molecule has 2 aromatic rings. The molecule has 0 unspecified atom stereocenters.